The van der Waals surface area contributed by atoms with Crippen LogP contribution in [0.15, 0.2) is 66.7 Å². The summed E-state index contributed by atoms with van der Waals surface area (Å²) in [5.74, 6) is 0. The second kappa shape index (κ2) is 9.95. The SMILES string of the molecule is CCC(C)N1C(c2ccccc2)C=C(c2ccccc2)[NH+]1C.COS(=O)(=O)[O-]. The van der Waals surface area contributed by atoms with Crippen LogP contribution in [0.25, 0.3) is 5.70 Å². The van der Waals surface area contributed by atoms with Crippen LogP contribution < -0.4 is 5.01 Å². The molecule has 0 bridgehead atoms. The average Bonchev–Trinajstić information content (AvgIpc) is 3.06. The summed E-state index contributed by atoms with van der Waals surface area (Å²) in [6, 6.07) is 22.4. The molecule has 1 aliphatic heterocycles. The Morgan fingerprint density at radius 2 is 1.61 bits per heavy atom. The molecule has 0 saturated carbocycles. The van der Waals surface area contributed by atoms with Gasteiger partial charge in [0.05, 0.1) is 20.2 Å². The highest BCUT2D eigenvalue weighted by Crippen LogP contribution is 2.29. The van der Waals surface area contributed by atoms with E-state index in [1.807, 2.05) is 0 Å². The molecule has 1 aliphatic rings. The Labute approximate surface area is 168 Å². The number of benzene rings is 2. The van der Waals surface area contributed by atoms with Gasteiger partial charge in [-0.1, -0.05) is 55.5 Å². The van der Waals surface area contributed by atoms with Crippen LogP contribution in [0.3, 0.4) is 0 Å². The van der Waals surface area contributed by atoms with E-state index >= 15 is 0 Å². The zero-order chi connectivity index (χ0) is 20.7. The maximum atomic E-state index is 9.22. The van der Waals surface area contributed by atoms with Gasteiger partial charge in [0, 0.05) is 11.6 Å². The van der Waals surface area contributed by atoms with Crippen molar-refractivity contribution in [1.29, 1.82) is 0 Å². The first kappa shape index (κ1) is 22.3. The van der Waals surface area contributed by atoms with Crippen molar-refractivity contribution in [2.75, 3.05) is 14.2 Å². The molecule has 0 fully saturated rings. The van der Waals surface area contributed by atoms with Crippen molar-refractivity contribution in [3.05, 3.63) is 77.9 Å². The fourth-order valence-corrected chi connectivity index (χ4v) is 3.34. The van der Waals surface area contributed by atoms with Crippen molar-refractivity contribution >= 4 is 16.1 Å². The van der Waals surface area contributed by atoms with Crippen LogP contribution in [0.4, 0.5) is 0 Å². The van der Waals surface area contributed by atoms with E-state index in [4.69, 9.17) is 0 Å². The van der Waals surface area contributed by atoms with Crippen molar-refractivity contribution in [3.63, 3.8) is 0 Å². The highest BCUT2D eigenvalue weighted by molar-refractivity contribution is 7.80. The van der Waals surface area contributed by atoms with E-state index in [9.17, 15) is 13.0 Å². The highest BCUT2D eigenvalue weighted by Gasteiger charge is 2.38. The molecule has 6 nitrogen and oxygen atoms in total. The Hall–Kier alpha value is -2.03. The van der Waals surface area contributed by atoms with Gasteiger partial charge in [-0.15, -0.1) is 5.01 Å². The normalized spacial score (nSPS) is 20.8. The molecular formula is C21H28N2O4S. The van der Waals surface area contributed by atoms with Crippen molar-refractivity contribution in [2.24, 2.45) is 0 Å². The minimum absolute atomic E-state index is 0.339. The van der Waals surface area contributed by atoms with Crippen molar-refractivity contribution < 1.29 is 22.2 Å². The van der Waals surface area contributed by atoms with Gasteiger partial charge < -0.3 is 4.55 Å². The monoisotopic (exact) mass is 404 g/mol. The molecule has 28 heavy (non-hydrogen) atoms. The molecule has 3 atom stereocenters. The predicted octanol–water partition coefficient (Wildman–Crippen LogP) is 2.41. The molecule has 0 spiro atoms. The second-order valence-electron chi connectivity index (χ2n) is 6.63. The van der Waals surface area contributed by atoms with E-state index in [-0.39, 0.29) is 0 Å². The smallest absolute Gasteiger partial charge is 0.217 e. The molecule has 0 aromatic heterocycles. The van der Waals surface area contributed by atoms with Crippen LogP contribution in [-0.4, -0.2) is 38.2 Å². The number of hydrogen-bond donors (Lipinski definition) is 1. The van der Waals surface area contributed by atoms with Gasteiger partial charge in [-0.3, -0.25) is 4.18 Å². The molecule has 1 N–H and O–H groups in total. The summed E-state index contributed by atoms with van der Waals surface area (Å²) in [5, 5.41) is 3.95. The Morgan fingerprint density at radius 3 is 2.07 bits per heavy atom. The molecule has 152 valence electrons. The van der Waals surface area contributed by atoms with E-state index in [0.717, 1.165) is 13.5 Å². The van der Waals surface area contributed by atoms with E-state index in [1.54, 1.807) is 0 Å². The predicted molar refractivity (Wildman–Crippen MR) is 109 cm³/mol. The van der Waals surface area contributed by atoms with E-state index in [2.05, 4.69) is 96.8 Å². The van der Waals surface area contributed by atoms with Gasteiger partial charge in [-0.05, 0) is 31.0 Å². The Kier molecular flexibility index (Phi) is 7.91. The van der Waals surface area contributed by atoms with Crippen LogP contribution in [-0.2, 0) is 14.6 Å². The molecule has 1 heterocycles. The fourth-order valence-electron chi connectivity index (χ4n) is 3.34. The average molecular weight is 405 g/mol. The van der Waals surface area contributed by atoms with Gasteiger partial charge in [0.1, 0.15) is 6.04 Å². The first-order chi connectivity index (χ1) is 13.3. The van der Waals surface area contributed by atoms with Crippen LogP contribution in [0.2, 0.25) is 0 Å². The van der Waals surface area contributed by atoms with Gasteiger partial charge in [0.15, 0.2) is 5.70 Å². The highest BCUT2D eigenvalue weighted by atomic mass is 32.3. The third kappa shape index (κ3) is 5.73. The minimum Gasteiger partial charge on any atom is -0.726 e. The summed E-state index contributed by atoms with van der Waals surface area (Å²) < 4.78 is 31.0. The quantitative estimate of drug-likeness (QED) is 0.612. The van der Waals surface area contributed by atoms with Crippen LogP contribution >= 0.6 is 0 Å². The lowest BCUT2D eigenvalue weighted by molar-refractivity contribution is -0.937. The minimum atomic E-state index is -4.41. The van der Waals surface area contributed by atoms with E-state index in [1.165, 1.54) is 21.8 Å². The number of rotatable bonds is 5. The first-order valence-electron chi connectivity index (χ1n) is 9.24. The van der Waals surface area contributed by atoms with Crippen LogP contribution in [0.5, 0.6) is 0 Å². The number of nitrogens with zero attached hydrogens (tertiary/aromatic N) is 1. The topological polar surface area (TPSA) is 74.1 Å². The lowest BCUT2D eigenvalue weighted by Crippen LogP contribution is -3.12. The molecule has 0 radical (unpaired) electrons. The van der Waals surface area contributed by atoms with E-state index < -0.39 is 10.4 Å². The molecule has 3 unspecified atom stereocenters. The molecule has 2 aromatic rings. The summed E-state index contributed by atoms with van der Waals surface area (Å²) in [6.07, 6.45) is 3.57. The second-order valence-corrected chi connectivity index (χ2v) is 7.78. The Bertz CT molecular complexity index is 870. The van der Waals surface area contributed by atoms with E-state index in [0.29, 0.717) is 12.1 Å². The lowest BCUT2D eigenvalue weighted by Gasteiger charge is -2.32. The Balaban J connectivity index is 0.000000409. The molecule has 0 saturated heterocycles. The van der Waals surface area contributed by atoms with Crippen molar-refractivity contribution in [3.8, 4) is 0 Å². The lowest BCUT2D eigenvalue weighted by atomic mass is 10.0. The summed E-state index contributed by atoms with van der Waals surface area (Å²) in [5.41, 5.74) is 4.05. The van der Waals surface area contributed by atoms with Crippen molar-refractivity contribution in [1.82, 2.24) is 5.01 Å². The molecular weight excluding hydrogens is 376 g/mol. The Morgan fingerprint density at radius 1 is 1.11 bits per heavy atom. The van der Waals surface area contributed by atoms with Gasteiger partial charge in [-0.2, -0.15) is 0 Å². The fraction of sp³-hybridized carbons (Fsp3) is 0.333. The first-order valence-corrected chi connectivity index (χ1v) is 10.6. The number of hydrogen-bond acceptors (Lipinski definition) is 5. The van der Waals surface area contributed by atoms with Gasteiger partial charge in [0.25, 0.3) is 0 Å². The molecule has 0 aliphatic carbocycles. The zero-order valence-corrected chi connectivity index (χ0v) is 17.5. The third-order valence-electron chi connectivity index (χ3n) is 4.90. The maximum Gasteiger partial charge on any atom is 0.217 e. The summed E-state index contributed by atoms with van der Waals surface area (Å²) in [6.45, 7) is 4.59. The van der Waals surface area contributed by atoms with Crippen LogP contribution in [0, 0.1) is 0 Å². The van der Waals surface area contributed by atoms with Crippen molar-refractivity contribution in [2.45, 2.75) is 32.4 Å². The summed E-state index contributed by atoms with van der Waals surface area (Å²) in [7, 11) is -1.35. The summed E-state index contributed by atoms with van der Waals surface area (Å²) in [4.78, 5) is 0. The molecule has 2 aromatic carbocycles. The molecule has 3 rings (SSSR count). The van der Waals surface area contributed by atoms with Gasteiger partial charge >= 0.3 is 0 Å². The molecule has 0 amide bonds. The molecule has 7 heteroatoms. The van der Waals surface area contributed by atoms with Crippen LogP contribution in [0.1, 0.15) is 37.4 Å². The largest absolute Gasteiger partial charge is 0.726 e. The maximum absolute atomic E-state index is 9.22. The van der Waals surface area contributed by atoms with Gasteiger partial charge in [-0.25, -0.2) is 13.4 Å². The standard InChI is InChI=1S/C20H24N2.CH4O4S/c1-4-16(2)22-20(18-13-9-6-10-14-18)15-19(21(22)3)17-11-7-5-8-12-17;1-5-6(2,3)4/h5-16,20H,4H2,1-3H3;1H3,(H,2,3,4). The number of nitrogens with one attached hydrogen (secondary N) is 1. The summed E-state index contributed by atoms with van der Waals surface area (Å²) >= 11 is 0. The zero-order valence-electron chi connectivity index (χ0n) is 16.7. The van der Waals surface area contributed by atoms with Gasteiger partial charge in [0.2, 0.25) is 10.4 Å². The third-order valence-corrected chi connectivity index (χ3v) is 5.31. The number of quaternary nitrogens is 1.